The Labute approximate surface area is 151 Å². The van der Waals surface area contributed by atoms with Crippen LogP contribution in [0.25, 0.3) is 0 Å². The molecule has 0 aromatic carbocycles. The van der Waals surface area contributed by atoms with Crippen molar-refractivity contribution in [2.45, 2.75) is 44.2 Å². The Balaban J connectivity index is 1.80. The van der Waals surface area contributed by atoms with Gasteiger partial charge in [0, 0.05) is 18.4 Å². The molecule has 1 saturated carbocycles. The lowest BCUT2D eigenvalue weighted by atomic mass is 9.90. The second kappa shape index (κ2) is 6.78. The highest BCUT2D eigenvalue weighted by atomic mass is 16.3. The second-order valence-electron chi connectivity index (χ2n) is 6.76. The van der Waals surface area contributed by atoms with Crippen LogP contribution in [0.2, 0.25) is 0 Å². The van der Waals surface area contributed by atoms with Crippen molar-refractivity contribution in [2.24, 2.45) is 0 Å². The van der Waals surface area contributed by atoms with Crippen LogP contribution in [0.4, 0.5) is 0 Å². The highest BCUT2D eigenvalue weighted by Crippen LogP contribution is 2.42. The number of hydrogen-bond donors (Lipinski definition) is 1. The van der Waals surface area contributed by atoms with Crippen molar-refractivity contribution in [3.63, 3.8) is 0 Å². The summed E-state index contributed by atoms with van der Waals surface area (Å²) in [6, 6.07) is 6.11. The number of aliphatic hydroxyl groups is 1. The molecule has 1 aliphatic heterocycles. The van der Waals surface area contributed by atoms with Gasteiger partial charge in [-0.25, -0.2) is 0 Å². The van der Waals surface area contributed by atoms with E-state index in [2.05, 4.69) is 4.98 Å². The predicted molar refractivity (Wildman–Crippen MR) is 93.4 cm³/mol. The van der Waals surface area contributed by atoms with Crippen LogP contribution < -0.4 is 0 Å². The van der Waals surface area contributed by atoms with E-state index in [0.29, 0.717) is 0 Å². The van der Waals surface area contributed by atoms with E-state index in [4.69, 9.17) is 4.42 Å². The molecule has 0 spiro atoms. The van der Waals surface area contributed by atoms with Crippen LogP contribution in [0.15, 0.2) is 58.7 Å². The molecule has 1 aliphatic carbocycles. The van der Waals surface area contributed by atoms with Crippen LogP contribution in [0.5, 0.6) is 0 Å². The van der Waals surface area contributed by atoms with Crippen molar-refractivity contribution in [1.82, 2.24) is 9.88 Å². The second-order valence-corrected chi connectivity index (χ2v) is 6.76. The Hall–Kier alpha value is -2.89. The van der Waals surface area contributed by atoms with E-state index in [1.165, 1.54) is 6.26 Å². The van der Waals surface area contributed by atoms with Crippen LogP contribution in [-0.2, 0) is 4.79 Å². The summed E-state index contributed by atoms with van der Waals surface area (Å²) in [5.74, 6) is -1.29. The van der Waals surface area contributed by atoms with Crippen LogP contribution in [0.3, 0.4) is 0 Å². The molecule has 2 aromatic rings. The molecule has 0 saturated heterocycles. The van der Waals surface area contributed by atoms with E-state index in [-0.39, 0.29) is 17.4 Å². The molecule has 4 rings (SSSR count). The Kier molecular flexibility index (Phi) is 4.32. The number of aromatic nitrogens is 1. The van der Waals surface area contributed by atoms with Gasteiger partial charge in [0.25, 0.3) is 5.91 Å². The van der Waals surface area contributed by atoms with Gasteiger partial charge in [0.2, 0.25) is 5.78 Å². The molecule has 1 unspecified atom stereocenters. The summed E-state index contributed by atoms with van der Waals surface area (Å²) in [6.07, 6.45) is 9.65. The summed E-state index contributed by atoms with van der Waals surface area (Å²) in [5.41, 5.74) is 0.847. The monoisotopic (exact) mass is 352 g/mol. The summed E-state index contributed by atoms with van der Waals surface area (Å²) in [7, 11) is 0. The third-order valence-corrected chi connectivity index (χ3v) is 5.22. The van der Waals surface area contributed by atoms with Gasteiger partial charge in [0.05, 0.1) is 17.9 Å². The van der Waals surface area contributed by atoms with E-state index in [1.807, 2.05) is 0 Å². The number of nitrogens with zero attached hydrogens (tertiary/aromatic N) is 2. The minimum Gasteiger partial charge on any atom is -0.503 e. The van der Waals surface area contributed by atoms with E-state index < -0.39 is 23.5 Å². The zero-order valence-electron chi connectivity index (χ0n) is 14.3. The SMILES string of the molecule is O=C(C1=C(O)C(=O)N(C2CCCCC2)C1c1ccncc1)c1ccco1. The molecule has 1 amide bonds. The maximum absolute atomic E-state index is 13.0. The Bertz CT molecular complexity index is 836. The Morgan fingerprint density at radius 3 is 2.54 bits per heavy atom. The molecule has 134 valence electrons. The summed E-state index contributed by atoms with van der Waals surface area (Å²) in [4.78, 5) is 31.6. The minimum absolute atomic E-state index is 0.0125. The first-order valence-electron chi connectivity index (χ1n) is 8.92. The predicted octanol–water partition coefficient (Wildman–Crippen LogP) is 3.59. The number of hydrogen-bond acceptors (Lipinski definition) is 5. The molecule has 0 bridgehead atoms. The molecule has 1 atom stereocenters. The molecule has 1 fully saturated rings. The van der Waals surface area contributed by atoms with Crippen molar-refractivity contribution in [3.05, 3.63) is 65.6 Å². The minimum atomic E-state index is -0.619. The first kappa shape index (κ1) is 16.6. The van der Waals surface area contributed by atoms with Gasteiger partial charge >= 0.3 is 0 Å². The summed E-state index contributed by atoms with van der Waals surface area (Å²) in [6.45, 7) is 0. The van der Waals surface area contributed by atoms with Crippen molar-refractivity contribution >= 4 is 11.7 Å². The zero-order chi connectivity index (χ0) is 18.1. The quantitative estimate of drug-likeness (QED) is 0.850. The van der Waals surface area contributed by atoms with Gasteiger partial charge in [0.1, 0.15) is 0 Å². The standard InChI is InChI=1S/C20H20N2O4/c23-18(15-7-4-12-26-15)16-17(13-8-10-21-11-9-13)22(20(25)19(16)24)14-5-2-1-3-6-14/h4,7-12,14,17,24H,1-3,5-6H2. The van der Waals surface area contributed by atoms with Crippen molar-refractivity contribution in [1.29, 1.82) is 0 Å². The van der Waals surface area contributed by atoms with E-state index in [0.717, 1.165) is 37.7 Å². The van der Waals surface area contributed by atoms with Crippen molar-refractivity contribution in [2.75, 3.05) is 0 Å². The summed E-state index contributed by atoms with van der Waals surface area (Å²) >= 11 is 0. The average Bonchev–Trinajstić information content (AvgIpc) is 3.31. The molecule has 2 aromatic heterocycles. The van der Waals surface area contributed by atoms with Crippen LogP contribution in [-0.4, -0.2) is 32.7 Å². The fourth-order valence-electron chi connectivity index (χ4n) is 4.00. The molecular formula is C20H20N2O4. The van der Waals surface area contributed by atoms with Gasteiger partial charge in [-0.1, -0.05) is 19.3 Å². The van der Waals surface area contributed by atoms with E-state index in [9.17, 15) is 14.7 Å². The van der Waals surface area contributed by atoms with Gasteiger partial charge in [-0.05, 0) is 42.7 Å². The topological polar surface area (TPSA) is 83.6 Å². The maximum atomic E-state index is 13.0. The van der Waals surface area contributed by atoms with Gasteiger partial charge in [0.15, 0.2) is 11.5 Å². The Morgan fingerprint density at radius 2 is 1.88 bits per heavy atom. The smallest absolute Gasteiger partial charge is 0.290 e. The number of rotatable bonds is 4. The van der Waals surface area contributed by atoms with Crippen LogP contribution in [0.1, 0.15) is 54.3 Å². The lowest BCUT2D eigenvalue weighted by molar-refractivity contribution is -0.132. The highest BCUT2D eigenvalue weighted by Gasteiger charge is 2.47. The number of furan rings is 1. The fraction of sp³-hybridized carbons (Fsp3) is 0.350. The molecule has 6 heteroatoms. The number of Topliss-reactive ketones (excluding diaryl/α,β-unsaturated/α-hetero) is 1. The van der Waals surface area contributed by atoms with Gasteiger partial charge in [-0.3, -0.25) is 14.6 Å². The first-order chi connectivity index (χ1) is 12.7. The largest absolute Gasteiger partial charge is 0.503 e. The molecule has 3 heterocycles. The molecule has 0 radical (unpaired) electrons. The Morgan fingerprint density at radius 1 is 1.15 bits per heavy atom. The van der Waals surface area contributed by atoms with Crippen LogP contribution >= 0.6 is 0 Å². The maximum Gasteiger partial charge on any atom is 0.290 e. The average molecular weight is 352 g/mol. The van der Waals surface area contributed by atoms with Crippen LogP contribution in [0, 0.1) is 0 Å². The van der Waals surface area contributed by atoms with Crippen molar-refractivity contribution < 1.29 is 19.1 Å². The number of ketones is 1. The lowest BCUT2D eigenvalue weighted by Crippen LogP contribution is -2.41. The van der Waals surface area contributed by atoms with Gasteiger partial charge in [-0.15, -0.1) is 0 Å². The number of carbonyl (C=O) groups is 2. The molecule has 26 heavy (non-hydrogen) atoms. The fourth-order valence-corrected chi connectivity index (χ4v) is 4.00. The van der Waals surface area contributed by atoms with E-state index >= 15 is 0 Å². The third kappa shape index (κ3) is 2.71. The third-order valence-electron chi connectivity index (χ3n) is 5.22. The van der Waals surface area contributed by atoms with E-state index in [1.54, 1.807) is 41.6 Å². The summed E-state index contributed by atoms with van der Waals surface area (Å²) in [5, 5.41) is 10.6. The number of amides is 1. The first-order valence-corrected chi connectivity index (χ1v) is 8.92. The van der Waals surface area contributed by atoms with Crippen molar-refractivity contribution in [3.8, 4) is 0 Å². The zero-order valence-corrected chi connectivity index (χ0v) is 14.3. The molecule has 6 nitrogen and oxygen atoms in total. The lowest BCUT2D eigenvalue weighted by Gasteiger charge is -2.36. The molecular weight excluding hydrogens is 332 g/mol. The molecule has 1 N–H and O–H groups in total. The van der Waals surface area contributed by atoms with Gasteiger partial charge in [-0.2, -0.15) is 0 Å². The number of carbonyl (C=O) groups excluding carboxylic acids is 2. The highest BCUT2D eigenvalue weighted by molar-refractivity contribution is 6.15. The van der Waals surface area contributed by atoms with Gasteiger partial charge < -0.3 is 14.4 Å². The summed E-state index contributed by atoms with van der Waals surface area (Å²) < 4.78 is 5.22. The molecule has 2 aliphatic rings. The number of pyridine rings is 1. The normalized spacial score (nSPS) is 21.5. The number of aliphatic hydroxyl groups excluding tert-OH is 1.